The van der Waals surface area contributed by atoms with Crippen LogP contribution >= 0.6 is 46.6 Å². The second-order valence-electron chi connectivity index (χ2n) is 7.91. The van der Waals surface area contributed by atoms with E-state index in [9.17, 15) is 9.59 Å². The van der Waals surface area contributed by atoms with Crippen LogP contribution in [0.2, 0.25) is 15.1 Å². The number of nitrogens with one attached hydrogen (secondary N) is 2. The highest BCUT2D eigenvalue weighted by Crippen LogP contribution is 2.37. The van der Waals surface area contributed by atoms with Crippen molar-refractivity contribution in [3.63, 3.8) is 0 Å². The van der Waals surface area contributed by atoms with Crippen LogP contribution in [-0.2, 0) is 16.0 Å². The molecule has 0 spiro atoms. The van der Waals surface area contributed by atoms with Gasteiger partial charge in [0.05, 0.1) is 16.5 Å². The zero-order valence-electron chi connectivity index (χ0n) is 18.9. The van der Waals surface area contributed by atoms with E-state index < -0.39 is 5.25 Å². The monoisotopic (exact) mass is 554 g/mol. The van der Waals surface area contributed by atoms with Gasteiger partial charge in [0.25, 0.3) is 0 Å². The zero-order chi connectivity index (χ0) is 25.5. The summed E-state index contributed by atoms with van der Waals surface area (Å²) in [6, 6.07) is 29.0. The number of rotatable bonds is 8. The Labute approximate surface area is 229 Å². The van der Waals surface area contributed by atoms with Gasteiger partial charge in [-0.25, -0.2) is 0 Å². The molecule has 0 radical (unpaired) electrons. The number of hydrogen-bond donors (Lipinski definition) is 2. The van der Waals surface area contributed by atoms with E-state index in [1.807, 2.05) is 66.7 Å². The summed E-state index contributed by atoms with van der Waals surface area (Å²) in [5.41, 5.74) is 2.91. The number of halogens is 3. The molecule has 0 aromatic heterocycles. The van der Waals surface area contributed by atoms with Gasteiger partial charge in [-0.15, -0.1) is 11.8 Å². The Morgan fingerprint density at radius 3 is 2.17 bits per heavy atom. The van der Waals surface area contributed by atoms with Gasteiger partial charge >= 0.3 is 0 Å². The summed E-state index contributed by atoms with van der Waals surface area (Å²) in [6.07, 6.45) is 0.229. The quantitative estimate of drug-likeness (QED) is 0.215. The topological polar surface area (TPSA) is 58.2 Å². The molecule has 0 saturated carbocycles. The molecular formula is C28H21Cl3N2O2S. The van der Waals surface area contributed by atoms with Gasteiger partial charge in [-0.1, -0.05) is 83.3 Å². The third kappa shape index (κ3) is 7.28. The third-order valence-corrected chi connectivity index (χ3v) is 7.42. The van der Waals surface area contributed by atoms with Crippen LogP contribution in [0.1, 0.15) is 16.4 Å². The summed E-state index contributed by atoms with van der Waals surface area (Å²) in [7, 11) is 0. The first-order valence-corrected chi connectivity index (χ1v) is 13.0. The molecule has 1 atom stereocenters. The van der Waals surface area contributed by atoms with Crippen LogP contribution in [0.15, 0.2) is 102 Å². The third-order valence-electron chi connectivity index (χ3n) is 5.18. The molecule has 0 aliphatic heterocycles. The van der Waals surface area contributed by atoms with E-state index >= 15 is 0 Å². The fourth-order valence-corrected chi connectivity index (χ4v) is 4.97. The van der Waals surface area contributed by atoms with Crippen LogP contribution in [0.5, 0.6) is 0 Å². The molecule has 4 aromatic rings. The predicted molar refractivity (Wildman–Crippen MR) is 150 cm³/mol. The number of hydrogen-bond acceptors (Lipinski definition) is 3. The molecule has 0 heterocycles. The van der Waals surface area contributed by atoms with E-state index in [4.69, 9.17) is 34.8 Å². The lowest BCUT2D eigenvalue weighted by molar-refractivity contribution is -0.116. The van der Waals surface area contributed by atoms with E-state index in [1.54, 1.807) is 30.3 Å². The Bertz CT molecular complexity index is 1370. The van der Waals surface area contributed by atoms with Crippen LogP contribution in [0.25, 0.3) is 0 Å². The molecule has 36 heavy (non-hydrogen) atoms. The minimum atomic E-state index is -0.541. The molecule has 0 fully saturated rings. The maximum absolute atomic E-state index is 13.3. The smallest absolute Gasteiger partial charge is 0.242 e. The van der Waals surface area contributed by atoms with E-state index in [0.717, 1.165) is 16.0 Å². The van der Waals surface area contributed by atoms with Crippen molar-refractivity contribution in [1.29, 1.82) is 0 Å². The second kappa shape index (κ2) is 12.3. The summed E-state index contributed by atoms with van der Waals surface area (Å²) in [5, 5.41) is 6.71. The van der Waals surface area contributed by atoms with Crippen molar-refractivity contribution >= 4 is 69.8 Å². The summed E-state index contributed by atoms with van der Waals surface area (Å²) >= 11 is 19.4. The van der Waals surface area contributed by atoms with Crippen molar-refractivity contribution in [1.82, 2.24) is 0 Å². The van der Waals surface area contributed by atoms with Gasteiger partial charge in [-0.2, -0.15) is 0 Å². The SMILES string of the molecule is O=C(Cc1ccc(Cl)cc1)Nc1cccc(SC(C(=O)Nc2ccc(Cl)c(Cl)c2)c2ccccc2)c1. The fourth-order valence-electron chi connectivity index (χ4n) is 3.46. The molecule has 2 amide bonds. The average Bonchev–Trinajstić information content (AvgIpc) is 2.87. The van der Waals surface area contributed by atoms with Crippen molar-refractivity contribution in [3.05, 3.63) is 123 Å². The lowest BCUT2D eigenvalue weighted by Gasteiger charge is -2.18. The Morgan fingerprint density at radius 1 is 0.722 bits per heavy atom. The van der Waals surface area contributed by atoms with E-state index in [-0.39, 0.29) is 18.2 Å². The van der Waals surface area contributed by atoms with Crippen molar-refractivity contribution in [3.8, 4) is 0 Å². The summed E-state index contributed by atoms with van der Waals surface area (Å²) in [5.74, 6) is -0.349. The first kappa shape index (κ1) is 26.1. The molecule has 4 aromatic carbocycles. The minimum absolute atomic E-state index is 0.142. The summed E-state index contributed by atoms with van der Waals surface area (Å²) in [6.45, 7) is 0. The highest BCUT2D eigenvalue weighted by Gasteiger charge is 2.22. The molecule has 0 aliphatic carbocycles. The molecule has 182 valence electrons. The standard InChI is InChI=1S/C28H21Cl3N2O2S/c29-20-11-9-18(10-12-20)15-26(34)32-21-7-4-8-23(16-21)36-27(19-5-2-1-3-6-19)28(35)33-22-13-14-24(30)25(31)17-22/h1-14,16-17,27H,15H2,(H,32,34)(H,33,35). The first-order valence-electron chi connectivity index (χ1n) is 11.0. The van der Waals surface area contributed by atoms with Crippen molar-refractivity contribution in [2.45, 2.75) is 16.6 Å². The van der Waals surface area contributed by atoms with Crippen LogP contribution in [0.4, 0.5) is 11.4 Å². The maximum atomic E-state index is 13.3. The number of carbonyl (C=O) groups excluding carboxylic acids is 2. The van der Waals surface area contributed by atoms with Crippen LogP contribution in [-0.4, -0.2) is 11.8 Å². The lowest BCUT2D eigenvalue weighted by atomic mass is 10.1. The van der Waals surface area contributed by atoms with Gasteiger partial charge in [0.1, 0.15) is 5.25 Å². The Kier molecular flexibility index (Phi) is 8.94. The highest BCUT2D eigenvalue weighted by atomic mass is 35.5. The number of carbonyl (C=O) groups is 2. The Morgan fingerprint density at radius 2 is 1.44 bits per heavy atom. The van der Waals surface area contributed by atoms with Gasteiger partial charge in [0, 0.05) is 21.3 Å². The number of benzene rings is 4. The average molecular weight is 556 g/mol. The van der Waals surface area contributed by atoms with Crippen molar-refractivity contribution < 1.29 is 9.59 Å². The number of anilines is 2. The molecule has 1 unspecified atom stereocenters. The molecule has 8 heteroatoms. The molecule has 0 aliphatic rings. The lowest BCUT2D eigenvalue weighted by Crippen LogP contribution is -2.19. The van der Waals surface area contributed by atoms with Gasteiger partial charge in [-0.05, 0) is 59.7 Å². The van der Waals surface area contributed by atoms with Gasteiger partial charge in [0.15, 0.2) is 0 Å². The van der Waals surface area contributed by atoms with E-state index in [1.165, 1.54) is 11.8 Å². The zero-order valence-corrected chi connectivity index (χ0v) is 22.0. The summed E-state index contributed by atoms with van der Waals surface area (Å²) < 4.78 is 0. The molecule has 0 saturated heterocycles. The highest BCUT2D eigenvalue weighted by molar-refractivity contribution is 8.00. The van der Waals surface area contributed by atoms with Crippen LogP contribution in [0.3, 0.4) is 0 Å². The Hall–Kier alpha value is -2.96. The number of thioether (sulfide) groups is 1. The largest absolute Gasteiger partial charge is 0.326 e. The van der Waals surface area contributed by atoms with Gasteiger partial charge < -0.3 is 10.6 Å². The van der Waals surface area contributed by atoms with E-state index in [2.05, 4.69) is 10.6 Å². The molecule has 0 bridgehead atoms. The molecule has 4 rings (SSSR count). The molecule has 2 N–H and O–H groups in total. The Balaban J connectivity index is 1.49. The van der Waals surface area contributed by atoms with Gasteiger partial charge in [-0.3, -0.25) is 9.59 Å². The summed E-state index contributed by atoms with van der Waals surface area (Å²) in [4.78, 5) is 26.7. The molecule has 4 nitrogen and oxygen atoms in total. The van der Waals surface area contributed by atoms with Crippen LogP contribution in [0, 0.1) is 0 Å². The maximum Gasteiger partial charge on any atom is 0.242 e. The van der Waals surface area contributed by atoms with Crippen molar-refractivity contribution in [2.24, 2.45) is 0 Å². The predicted octanol–water partition coefficient (Wildman–Crippen LogP) is 8.30. The van der Waals surface area contributed by atoms with Crippen LogP contribution < -0.4 is 10.6 Å². The van der Waals surface area contributed by atoms with E-state index in [0.29, 0.717) is 26.4 Å². The number of amides is 2. The normalized spacial score (nSPS) is 11.5. The molecular weight excluding hydrogens is 535 g/mol. The fraction of sp³-hybridized carbons (Fsp3) is 0.0714. The van der Waals surface area contributed by atoms with Crippen molar-refractivity contribution in [2.75, 3.05) is 10.6 Å². The first-order chi connectivity index (χ1) is 17.4. The second-order valence-corrected chi connectivity index (χ2v) is 10.3. The van der Waals surface area contributed by atoms with Gasteiger partial charge in [0.2, 0.25) is 11.8 Å². The minimum Gasteiger partial charge on any atom is -0.326 e.